The highest BCUT2D eigenvalue weighted by molar-refractivity contribution is 7.42. The number of para-hydroxylation sites is 2. The second-order valence-corrected chi connectivity index (χ2v) is 13.9. The van der Waals surface area contributed by atoms with Crippen LogP contribution < -0.4 is 9.05 Å². The molecule has 0 aliphatic heterocycles. The van der Waals surface area contributed by atoms with Crippen LogP contribution in [0.5, 0.6) is 11.5 Å². The number of unbranched alkanes of at least 4 members (excludes halogenated alkanes) is 12. The number of rotatable bonds is 23. The van der Waals surface area contributed by atoms with Crippen LogP contribution in [0.2, 0.25) is 0 Å². The van der Waals surface area contributed by atoms with E-state index in [0.29, 0.717) is 11.5 Å². The molecule has 0 heterocycles. The van der Waals surface area contributed by atoms with Gasteiger partial charge in [0.05, 0.1) is 0 Å². The van der Waals surface area contributed by atoms with Gasteiger partial charge >= 0.3 is 8.60 Å². The third-order valence-electron chi connectivity index (χ3n) is 8.45. The van der Waals surface area contributed by atoms with Gasteiger partial charge < -0.3 is 9.05 Å². The lowest BCUT2D eigenvalue weighted by molar-refractivity contribution is -0.0159. The first-order valence-electron chi connectivity index (χ1n) is 16.4. The molecule has 0 saturated carbocycles. The molecule has 0 unspecified atom stereocenters. The van der Waals surface area contributed by atoms with Crippen molar-refractivity contribution in [2.75, 3.05) is 0 Å². The Morgan fingerprint density at radius 1 is 0.537 bits per heavy atom. The monoisotopic (exact) mass is 588 g/mol. The minimum atomic E-state index is -2.25. The molecule has 0 aliphatic carbocycles. The molecule has 0 amide bonds. The molecule has 0 saturated heterocycles. The first-order valence-corrected chi connectivity index (χ1v) is 17.5. The predicted octanol–water partition coefficient (Wildman–Crippen LogP) is 13.1. The number of halogens is 1. The minimum absolute atomic E-state index is 0.103. The van der Waals surface area contributed by atoms with Crippen molar-refractivity contribution in [2.45, 2.75) is 155 Å². The van der Waals surface area contributed by atoms with Crippen molar-refractivity contribution in [2.24, 2.45) is 0 Å². The molecule has 0 radical (unpaired) electrons. The van der Waals surface area contributed by atoms with Crippen molar-refractivity contribution < 1.29 is 18.3 Å². The molecular weight excluding hydrogens is 530 g/mol. The quantitative estimate of drug-likeness (QED) is 0.0954. The van der Waals surface area contributed by atoms with Crippen molar-refractivity contribution in [3.8, 4) is 11.5 Å². The van der Waals surface area contributed by atoms with Gasteiger partial charge in [-0.15, -0.1) is 0 Å². The fourth-order valence-electron chi connectivity index (χ4n) is 5.74. The van der Waals surface area contributed by atoms with Gasteiger partial charge in [-0.2, -0.15) is 0 Å². The molecule has 0 N–H and O–H groups in total. The van der Waals surface area contributed by atoms with Gasteiger partial charge in [-0.1, -0.05) is 173 Å². The van der Waals surface area contributed by atoms with Crippen LogP contribution in [0.15, 0.2) is 48.5 Å². The molecule has 0 spiro atoms. The molecule has 2 aromatic carbocycles. The summed E-state index contributed by atoms with van der Waals surface area (Å²) in [6.45, 7) is 13.5. The molecule has 0 fully saturated rings. The Labute approximate surface area is 252 Å². The Kier molecular flexibility index (Phi) is 16.9. The van der Waals surface area contributed by atoms with E-state index in [1.807, 2.05) is 36.4 Å². The Hall–Kier alpha value is -1.64. The van der Waals surface area contributed by atoms with Crippen LogP contribution in [0.3, 0.4) is 0 Å². The van der Waals surface area contributed by atoms with Gasteiger partial charge in [0.2, 0.25) is 0 Å². The maximum atomic E-state index is 13.9. The van der Waals surface area contributed by atoms with E-state index >= 15 is 0 Å². The second kappa shape index (κ2) is 19.5. The van der Waals surface area contributed by atoms with Crippen LogP contribution in [0, 0.1) is 0 Å². The van der Waals surface area contributed by atoms with Crippen molar-refractivity contribution in [1.82, 2.24) is 0 Å². The maximum Gasteiger partial charge on any atom is 0.497 e. The van der Waals surface area contributed by atoms with E-state index in [1.165, 1.54) is 89.9 Å². The smallest absolute Gasteiger partial charge is 0.416 e. The SMILES string of the molecule is CCCCCCCCCC(C)(C)c1ccccc1OP(OF)Oc1ccccc1C(C)(C)CCCCCCCCC. The van der Waals surface area contributed by atoms with Crippen LogP contribution in [0.1, 0.15) is 155 Å². The van der Waals surface area contributed by atoms with E-state index in [0.717, 1.165) is 24.0 Å². The van der Waals surface area contributed by atoms with Crippen LogP contribution in [-0.4, -0.2) is 0 Å². The Morgan fingerprint density at radius 2 is 0.878 bits per heavy atom. The number of benzene rings is 2. The minimum Gasteiger partial charge on any atom is -0.416 e. The zero-order valence-corrected chi connectivity index (χ0v) is 27.9. The molecule has 41 heavy (non-hydrogen) atoms. The summed E-state index contributed by atoms with van der Waals surface area (Å²) in [6, 6.07) is 15.9. The van der Waals surface area contributed by atoms with E-state index in [-0.39, 0.29) is 10.8 Å². The van der Waals surface area contributed by atoms with E-state index in [2.05, 4.69) is 58.4 Å². The average Bonchev–Trinajstić information content (AvgIpc) is 2.96. The van der Waals surface area contributed by atoms with E-state index in [1.54, 1.807) is 0 Å². The van der Waals surface area contributed by atoms with Crippen LogP contribution in [-0.2, 0) is 15.6 Å². The van der Waals surface area contributed by atoms with Crippen LogP contribution in [0.4, 0.5) is 4.53 Å². The third-order valence-corrected chi connectivity index (χ3v) is 9.25. The summed E-state index contributed by atoms with van der Waals surface area (Å²) in [7, 11) is -2.25. The summed E-state index contributed by atoms with van der Waals surface area (Å²) >= 11 is 0. The second-order valence-electron chi connectivity index (χ2n) is 13.0. The lowest BCUT2D eigenvalue weighted by atomic mass is 9.79. The lowest BCUT2D eigenvalue weighted by Gasteiger charge is -2.29. The summed E-state index contributed by atoms with van der Waals surface area (Å²) < 4.78 is 30.5. The highest BCUT2D eigenvalue weighted by atomic mass is 31.2. The molecule has 3 nitrogen and oxygen atoms in total. The van der Waals surface area contributed by atoms with Gasteiger partial charge in [-0.3, -0.25) is 0 Å². The first kappa shape index (κ1) is 35.6. The third kappa shape index (κ3) is 13.0. The predicted molar refractivity (Wildman–Crippen MR) is 175 cm³/mol. The summed E-state index contributed by atoms with van der Waals surface area (Å²) in [5.74, 6) is 1.26. The van der Waals surface area contributed by atoms with Crippen molar-refractivity contribution in [3.63, 3.8) is 0 Å². The molecule has 2 aromatic rings. The van der Waals surface area contributed by atoms with Crippen molar-refractivity contribution in [1.29, 1.82) is 0 Å². The van der Waals surface area contributed by atoms with Gasteiger partial charge in [-0.05, 0) is 40.3 Å². The molecule has 5 heteroatoms. The molecule has 0 atom stereocenters. The van der Waals surface area contributed by atoms with E-state index in [9.17, 15) is 4.53 Å². The van der Waals surface area contributed by atoms with Gasteiger partial charge in [-0.25, -0.2) is 0 Å². The van der Waals surface area contributed by atoms with Gasteiger partial charge in [0.1, 0.15) is 11.5 Å². The Bertz CT molecular complexity index is 886. The number of hydrogen-bond acceptors (Lipinski definition) is 3. The molecule has 0 bridgehead atoms. The topological polar surface area (TPSA) is 27.7 Å². The molecule has 0 aliphatic rings. The normalized spacial score (nSPS) is 12.2. The molecule has 232 valence electrons. The van der Waals surface area contributed by atoms with Gasteiger partial charge in [0, 0.05) is 11.1 Å². The maximum absolute atomic E-state index is 13.9. The lowest BCUT2D eigenvalue weighted by Crippen LogP contribution is -2.19. The summed E-state index contributed by atoms with van der Waals surface area (Å²) in [6.07, 6.45) is 20.0. The molecular formula is C36H58FO3P. The van der Waals surface area contributed by atoms with Crippen LogP contribution in [0.25, 0.3) is 0 Å². The number of hydrogen-bond donors (Lipinski definition) is 0. The van der Waals surface area contributed by atoms with Crippen molar-refractivity contribution in [3.05, 3.63) is 59.7 Å². The highest BCUT2D eigenvalue weighted by Gasteiger charge is 2.30. The summed E-state index contributed by atoms with van der Waals surface area (Å²) in [4.78, 5) is 0. The van der Waals surface area contributed by atoms with Crippen LogP contribution >= 0.6 is 8.60 Å². The fourth-order valence-corrected chi connectivity index (χ4v) is 6.47. The Balaban J connectivity index is 2.02. The summed E-state index contributed by atoms with van der Waals surface area (Å²) in [5.41, 5.74) is 1.92. The standard InChI is InChI=1S/C36H58FO3P/c1-7-9-11-13-15-17-23-29-35(3,4)31-25-19-21-27-33(31)38-41(40-37)39-34-28-22-20-26-32(34)36(5,6)30-24-18-16-14-12-10-8-2/h19-22,25-28H,7-18,23-24,29-30H2,1-6H3. The van der Waals surface area contributed by atoms with E-state index < -0.39 is 8.60 Å². The zero-order valence-electron chi connectivity index (χ0n) is 27.0. The van der Waals surface area contributed by atoms with Gasteiger partial charge in [0.25, 0.3) is 0 Å². The first-order chi connectivity index (χ1) is 19.7. The Morgan fingerprint density at radius 3 is 1.24 bits per heavy atom. The largest absolute Gasteiger partial charge is 0.497 e. The highest BCUT2D eigenvalue weighted by Crippen LogP contribution is 2.48. The zero-order chi connectivity index (χ0) is 30.0. The summed E-state index contributed by atoms with van der Waals surface area (Å²) in [5, 5.41) is 0. The molecule has 0 aromatic heterocycles. The fraction of sp³-hybridized carbons (Fsp3) is 0.667. The molecule has 2 rings (SSSR count). The van der Waals surface area contributed by atoms with E-state index in [4.69, 9.17) is 9.05 Å². The van der Waals surface area contributed by atoms with Gasteiger partial charge in [0.15, 0.2) is 0 Å². The average molecular weight is 589 g/mol. The van der Waals surface area contributed by atoms with Crippen molar-refractivity contribution >= 4 is 8.60 Å².